The van der Waals surface area contributed by atoms with E-state index >= 15 is 0 Å². The molecule has 2 rings (SSSR count). The standard InChI is InChI=1S/C18H25ClN2O6S/c1-12-6-4-5-7-15(12)20-17(22)11-27-18(23)13-8-9-14(19)16(10-13)28(24,25)21(2)26-3/h8-10,12,15H,4-7,11H2,1-3H3,(H,20,22). The Balaban J connectivity index is 2.02. The van der Waals surface area contributed by atoms with Gasteiger partial charge >= 0.3 is 5.97 Å². The van der Waals surface area contributed by atoms with Crippen LogP contribution in [0.15, 0.2) is 23.1 Å². The van der Waals surface area contributed by atoms with Gasteiger partial charge in [0, 0.05) is 13.1 Å². The molecular formula is C18H25ClN2O6S. The lowest BCUT2D eigenvalue weighted by Crippen LogP contribution is -2.42. The van der Waals surface area contributed by atoms with Crippen molar-refractivity contribution in [1.29, 1.82) is 0 Å². The number of rotatable bonds is 7. The van der Waals surface area contributed by atoms with Crippen molar-refractivity contribution < 1.29 is 27.6 Å². The number of sulfonamides is 1. The van der Waals surface area contributed by atoms with E-state index in [0.717, 1.165) is 31.7 Å². The molecule has 1 fully saturated rings. The molecule has 1 aliphatic rings. The van der Waals surface area contributed by atoms with E-state index in [1.54, 1.807) is 0 Å². The van der Waals surface area contributed by atoms with Gasteiger partial charge in [-0.2, -0.15) is 0 Å². The van der Waals surface area contributed by atoms with Gasteiger partial charge in [-0.15, -0.1) is 0 Å². The Kier molecular flexibility index (Phi) is 7.82. The van der Waals surface area contributed by atoms with Gasteiger partial charge in [-0.3, -0.25) is 9.63 Å². The summed E-state index contributed by atoms with van der Waals surface area (Å²) in [5.74, 6) is -0.816. The normalized spacial score (nSPS) is 20.0. The number of hydrogen-bond donors (Lipinski definition) is 1. The van der Waals surface area contributed by atoms with Gasteiger partial charge in [0.1, 0.15) is 4.90 Å². The number of amides is 1. The Morgan fingerprint density at radius 2 is 1.96 bits per heavy atom. The molecule has 0 aromatic heterocycles. The third kappa shape index (κ3) is 5.44. The van der Waals surface area contributed by atoms with Crippen molar-refractivity contribution in [3.05, 3.63) is 28.8 Å². The number of esters is 1. The van der Waals surface area contributed by atoms with E-state index in [1.165, 1.54) is 26.3 Å². The van der Waals surface area contributed by atoms with Gasteiger partial charge in [0.05, 0.1) is 17.7 Å². The van der Waals surface area contributed by atoms with Crippen LogP contribution in [0, 0.1) is 5.92 Å². The summed E-state index contributed by atoms with van der Waals surface area (Å²) in [5, 5.41) is 2.82. The molecule has 10 heteroatoms. The van der Waals surface area contributed by atoms with Gasteiger partial charge in [0.25, 0.3) is 15.9 Å². The molecule has 1 N–H and O–H groups in total. The Labute approximate surface area is 170 Å². The summed E-state index contributed by atoms with van der Waals surface area (Å²) in [7, 11) is -1.65. The quantitative estimate of drug-likeness (QED) is 0.524. The van der Waals surface area contributed by atoms with Crippen LogP contribution in [0.1, 0.15) is 43.0 Å². The topological polar surface area (TPSA) is 102 Å². The summed E-state index contributed by atoms with van der Waals surface area (Å²) in [6.07, 6.45) is 4.19. The Hall–Kier alpha value is -1.68. The second-order valence-corrected chi connectivity index (χ2v) is 9.07. The van der Waals surface area contributed by atoms with Crippen molar-refractivity contribution >= 4 is 33.5 Å². The number of nitrogens with zero attached hydrogens (tertiary/aromatic N) is 1. The number of benzene rings is 1. The fourth-order valence-corrected chi connectivity index (χ4v) is 4.53. The van der Waals surface area contributed by atoms with Crippen molar-refractivity contribution in [2.24, 2.45) is 5.92 Å². The molecule has 0 bridgehead atoms. The van der Waals surface area contributed by atoms with E-state index in [1.807, 2.05) is 0 Å². The second kappa shape index (κ2) is 9.69. The van der Waals surface area contributed by atoms with E-state index in [0.29, 0.717) is 10.4 Å². The van der Waals surface area contributed by atoms with Gasteiger partial charge in [0.15, 0.2) is 6.61 Å². The van der Waals surface area contributed by atoms with Gasteiger partial charge in [-0.1, -0.05) is 35.8 Å². The monoisotopic (exact) mass is 432 g/mol. The van der Waals surface area contributed by atoms with Crippen molar-refractivity contribution in [2.75, 3.05) is 20.8 Å². The number of ether oxygens (including phenoxy) is 1. The van der Waals surface area contributed by atoms with E-state index in [2.05, 4.69) is 12.2 Å². The molecule has 0 radical (unpaired) electrons. The minimum atomic E-state index is -4.04. The molecule has 2 unspecified atom stereocenters. The Bertz CT molecular complexity index is 829. The zero-order valence-corrected chi connectivity index (χ0v) is 17.7. The molecule has 8 nitrogen and oxygen atoms in total. The molecule has 1 saturated carbocycles. The molecule has 28 heavy (non-hydrogen) atoms. The fourth-order valence-electron chi connectivity index (χ4n) is 3.06. The summed E-state index contributed by atoms with van der Waals surface area (Å²) in [4.78, 5) is 28.7. The third-order valence-corrected chi connectivity index (χ3v) is 6.99. The number of halogens is 1. The first-order valence-corrected chi connectivity index (χ1v) is 10.8. The van der Waals surface area contributed by atoms with Crippen molar-refractivity contribution in [1.82, 2.24) is 9.79 Å². The largest absolute Gasteiger partial charge is 0.452 e. The minimum Gasteiger partial charge on any atom is -0.452 e. The molecule has 1 aliphatic carbocycles. The third-order valence-electron chi connectivity index (χ3n) is 4.83. The van der Waals surface area contributed by atoms with Crippen LogP contribution in [0.5, 0.6) is 0 Å². The maximum absolute atomic E-state index is 12.4. The lowest BCUT2D eigenvalue weighted by atomic mass is 9.86. The molecule has 1 aromatic carbocycles. The number of hydrogen-bond acceptors (Lipinski definition) is 6. The van der Waals surface area contributed by atoms with E-state index in [-0.39, 0.29) is 27.4 Å². The molecule has 1 amide bonds. The lowest BCUT2D eigenvalue weighted by molar-refractivity contribution is -0.125. The smallest absolute Gasteiger partial charge is 0.338 e. The lowest BCUT2D eigenvalue weighted by Gasteiger charge is -2.29. The Morgan fingerprint density at radius 1 is 1.29 bits per heavy atom. The maximum atomic E-state index is 12.4. The van der Waals surface area contributed by atoms with Gasteiger partial charge in [-0.25, -0.2) is 13.2 Å². The molecule has 156 valence electrons. The highest BCUT2D eigenvalue weighted by atomic mass is 35.5. The number of carbonyl (C=O) groups is 2. The van der Waals surface area contributed by atoms with Crippen LogP contribution in [-0.4, -0.2) is 51.6 Å². The van der Waals surface area contributed by atoms with Crippen LogP contribution in [0.4, 0.5) is 0 Å². The van der Waals surface area contributed by atoms with E-state index in [4.69, 9.17) is 21.2 Å². The average molecular weight is 433 g/mol. The van der Waals surface area contributed by atoms with Crippen molar-refractivity contribution in [2.45, 2.75) is 43.5 Å². The van der Waals surface area contributed by atoms with Gasteiger partial charge in [-0.05, 0) is 37.0 Å². The van der Waals surface area contributed by atoms with Crippen LogP contribution in [0.2, 0.25) is 5.02 Å². The summed E-state index contributed by atoms with van der Waals surface area (Å²) in [6.45, 7) is 1.65. The summed E-state index contributed by atoms with van der Waals surface area (Å²) < 4.78 is 30.4. The number of hydroxylamine groups is 1. The Morgan fingerprint density at radius 3 is 2.61 bits per heavy atom. The molecule has 0 aliphatic heterocycles. The SMILES string of the molecule is CON(C)S(=O)(=O)c1cc(C(=O)OCC(=O)NC2CCCCC2C)ccc1Cl. The summed E-state index contributed by atoms with van der Waals surface area (Å²) in [5.41, 5.74) is -0.0358. The first-order valence-electron chi connectivity index (χ1n) is 8.96. The average Bonchev–Trinajstić information content (AvgIpc) is 2.67. The van der Waals surface area contributed by atoms with Crippen LogP contribution in [0.25, 0.3) is 0 Å². The first kappa shape index (κ1) is 22.6. The van der Waals surface area contributed by atoms with E-state index < -0.39 is 22.6 Å². The number of carbonyl (C=O) groups excluding carboxylic acids is 2. The zero-order chi connectivity index (χ0) is 20.9. The van der Waals surface area contributed by atoms with E-state index in [9.17, 15) is 18.0 Å². The summed E-state index contributed by atoms with van der Waals surface area (Å²) in [6, 6.07) is 3.78. The highest BCUT2D eigenvalue weighted by molar-refractivity contribution is 7.89. The first-order chi connectivity index (χ1) is 13.2. The predicted octanol–water partition coefficient (Wildman–Crippen LogP) is 2.37. The van der Waals surface area contributed by atoms with Crippen LogP contribution in [-0.2, 0) is 24.4 Å². The fraction of sp³-hybridized carbons (Fsp3) is 0.556. The van der Waals surface area contributed by atoms with Crippen molar-refractivity contribution in [3.8, 4) is 0 Å². The van der Waals surface area contributed by atoms with Gasteiger partial charge < -0.3 is 10.1 Å². The molecule has 0 heterocycles. The van der Waals surface area contributed by atoms with Crippen LogP contribution >= 0.6 is 11.6 Å². The zero-order valence-electron chi connectivity index (χ0n) is 16.1. The highest BCUT2D eigenvalue weighted by Gasteiger charge is 2.26. The van der Waals surface area contributed by atoms with Crippen molar-refractivity contribution in [3.63, 3.8) is 0 Å². The molecule has 0 spiro atoms. The molecular weight excluding hydrogens is 408 g/mol. The maximum Gasteiger partial charge on any atom is 0.338 e. The second-order valence-electron chi connectivity index (χ2n) is 6.75. The molecule has 2 atom stereocenters. The highest BCUT2D eigenvalue weighted by Crippen LogP contribution is 2.26. The van der Waals surface area contributed by atoms with Crippen LogP contribution < -0.4 is 5.32 Å². The molecule has 1 aromatic rings. The van der Waals surface area contributed by atoms with Gasteiger partial charge in [0.2, 0.25) is 0 Å². The van der Waals surface area contributed by atoms with Crippen LogP contribution in [0.3, 0.4) is 0 Å². The minimum absolute atomic E-state index is 0.0358. The molecule has 0 saturated heterocycles. The number of nitrogens with one attached hydrogen (secondary N) is 1. The summed E-state index contributed by atoms with van der Waals surface area (Å²) >= 11 is 5.96. The predicted molar refractivity (Wildman–Crippen MR) is 103 cm³/mol.